The number of rotatable bonds is 5. The van der Waals surface area contributed by atoms with Crippen LogP contribution >= 0.6 is 0 Å². The first-order valence-electron chi connectivity index (χ1n) is 31.3. The molecular formula is C82H50N8. The van der Waals surface area contributed by atoms with Gasteiger partial charge in [-0.15, -0.1) is 0 Å². The van der Waals surface area contributed by atoms with Crippen LogP contribution < -0.4 is 0 Å². The lowest BCUT2D eigenvalue weighted by molar-refractivity contribution is 0.674. The summed E-state index contributed by atoms with van der Waals surface area (Å²) in [6.45, 7) is 0. The summed E-state index contributed by atoms with van der Waals surface area (Å²) >= 11 is 0. The molecule has 0 fully saturated rings. The molecule has 0 aliphatic carbocycles. The molecule has 0 radical (unpaired) electrons. The predicted molar refractivity (Wildman–Crippen MR) is 373 cm³/mol. The second kappa shape index (κ2) is 17.9. The first-order valence-corrected chi connectivity index (χ1v) is 31.3. The fourth-order valence-electron chi connectivity index (χ4n) is 16.5. The third-order valence-electron chi connectivity index (χ3n) is 20.2. The Morgan fingerprint density at radius 3 is 1.78 bits per heavy atom. The summed E-state index contributed by atoms with van der Waals surface area (Å²) in [4.78, 5) is 20.9. The maximum Gasteiger partial charge on any atom is 0.236 e. The molecule has 90 heavy (non-hydrogen) atoms. The van der Waals surface area contributed by atoms with Crippen LogP contribution in [-0.4, -0.2) is 38.6 Å². The zero-order chi connectivity index (χ0) is 58.4. The number of para-hydroxylation sites is 7. The largest absolute Gasteiger partial charge is 0.309 e. The Morgan fingerprint density at radius 1 is 0.378 bits per heavy atom. The van der Waals surface area contributed by atoms with Crippen molar-refractivity contribution >= 4 is 153 Å². The molecule has 20 aromatic rings. The van der Waals surface area contributed by atoms with Crippen molar-refractivity contribution < 1.29 is 0 Å². The second-order valence-corrected chi connectivity index (χ2v) is 24.7. The van der Waals surface area contributed by atoms with Gasteiger partial charge in [0.15, 0.2) is 5.65 Å². The van der Waals surface area contributed by atoms with Crippen LogP contribution in [0, 0.1) is 0 Å². The van der Waals surface area contributed by atoms with E-state index in [0.717, 1.165) is 74.8 Å². The molecule has 0 saturated carbocycles. The number of aliphatic imine (C=N–C) groups is 1. The van der Waals surface area contributed by atoms with E-state index in [4.69, 9.17) is 19.9 Å². The molecule has 0 N–H and O–H groups in total. The van der Waals surface area contributed by atoms with Crippen LogP contribution in [0.4, 0.5) is 5.69 Å². The monoisotopic (exact) mass is 1150 g/mol. The Labute approximate surface area is 513 Å². The van der Waals surface area contributed by atoms with E-state index in [1.165, 1.54) is 125 Å². The molecule has 9 heterocycles. The van der Waals surface area contributed by atoms with Crippen LogP contribution in [0.25, 0.3) is 164 Å². The van der Waals surface area contributed by atoms with Crippen LogP contribution in [0.3, 0.4) is 0 Å². The fourth-order valence-corrected chi connectivity index (χ4v) is 16.5. The van der Waals surface area contributed by atoms with Crippen molar-refractivity contribution in [3.8, 4) is 22.8 Å². The second-order valence-electron chi connectivity index (χ2n) is 24.7. The summed E-state index contributed by atoms with van der Waals surface area (Å²) in [5.74, 6) is 0.857. The van der Waals surface area contributed by atoms with E-state index in [0.29, 0.717) is 11.6 Å². The summed E-state index contributed by atoms with van der Waals surface area (Å²) < 4.78 is 9.88. The minimum atomic E-state index is 0.277. The number of pyridine rings is 1. The normalized spacial score (nSPS) is 14.3. The molecule has 418 valence electrons. The lowest BCUT2D eigenvalue weighted by atomic mass is 9.83. The number of aromatic nitrogens is 7. The quantitative estimate of drug-likeness (QED) is 0.172. The van der Waals surface area contributed by atoms with Gasteiger partial charge < -0.3 is 13.4 Å². The molecule has 1 unspecified atom stereocenters. The van der Waals surface area contributed by atoms with Gasteiger partial charge in [-0.1, -0.05) is 182 Å². The van der Waals surface area contributed by atoms with Crippen LogP contribution in [0.1, 0.15) is 41.9 Å². The molecule has 0 bridgehead atoms. The van der Waals surface area contributed by atoms with Gasteiger partial charge in [-0.3, -0.25) is 9.56 Å². The topological polar surface area (TPSA) is 69.7 Å². The predicted octanol–water partition coefficient (Wildman–Crippen LogP) is 20.8. The summed E-state index contributed by atoms with van der Waals surface area (Å²) in [7, 11) is 0. The van der Waals surface area contributed by atoms with Crippen LogP contribution in [0.15, 0.2) is 266 Å². The maximum absolute atomic E-state index is 5.53. The fraction of sp³-hybridized carbons (Fsp3) is 0.0488. The Bertz CT molecular complexity index is 6510. The SMILES string of the molecule is c1ccc2c(c1)N=C(c1ccc(-n3c4ccccc4c4c5c6ccccc6n6c7c(-c8cccc9c%10c%11c%12ccccc%12n%12c%13ccccc%13c(cc%10n(-c%10ncc%13cccnc%13n%10)c89)c%11%12)cccc7c(cc43)c56)cc1)CCCC2c1ccc2ccccc2c1. The molecule has 0 amide bonds. The van der Waals surface area contributed by atoms with Crippen molar-refractivity contribution in [3.05, 3.63) is 278 Å². The van der Waals surface area contributed by atoms with Gasteiger partial charge in [0.1, 0.15) is 0 Å². The van der Waals surface area contributed by atoms with E-state index >= 15 is 0 Å². The van der Waals surface area contributed by atoms with Crippen LogP contribution in [0.2, 0.25) is 0 Å². The molecule has 12 aromatic carbocycles. The molecule has 1 aliphatic heterocycles. The summed E-state index contributed by atoms with van der Waals surface area (Å²) in [6.07, 6.45) is 6.73. The summed E-state index contributed by atoms with van der Waals surface area (Å²) in [5, 5.41) is 18.0. The number of hydrogen-bond donors (Lipinski definition) is 0. The minimum Gasteiger partial charge on any atom is -0.309 e. The molecule has 21 rings (SSSR count). The molecule has 8 aromatic heterocycles. The van der Waals surface area contributed by atoms with Gasteiger partial charge in [0.2, 0.25) is 5.95 Å². The smallest absolute Gasteiger partial charge is 0.236 e. The van der Waals surface area contributed by atoms with E-state index in [2.05, 4.69) is 255 Å². The molecular weight excluding hydrogens is 1100 g/mol. The first-order chi connectivity index (χ1) is 44.7. The lowest BCUT2D eigenvalue weighted by Crippen LogP contribution is -2.09. The van der Waals surface area contributed by atoms with E-state index in [1.54, 1.807) is 0 Å². The summed E-state index contributed by atoms with van der Waals surface area (Å²) in [5.41, 5.74) is 21.7. The van der Waals surface area contributed by atoms with E-state index in [-0.39, 0.29) is 5.92 Å². The van der Waals surface area contributed by atoms with Gasteiger partial charge in [0.25, 0.3) is 0 Å². The average molecular weight is 1150 g/mol. The maximum atomic E-state index is 5.53. The number of nitrogens with zero attached hydrogens (tertiary/aromatic N) is 8. The van der Waals surface area contributed by atoms with Gasteiger partial charge >= 0.3 is 0 Å². The molecule has 0 spiro atoms. The third kappa shape index (κ3) is 6.43. The number of fused-ring (bicyclic) bond motifs is 23. The van der Waals surface area contributed by atoms with Gasteiger partial charge in [-0.05, 0) is 113 Å². The summed E-state index contributed by atoms with van der Waals surface area (Å²) in [6, 6.07) is 92.1. The van der Waals surface area contributed by atoms with Gasteiger partial charge in [0.05, 0.1) is 60.9 Å². The minimum absolute atomic E-state index is 0.277. The highest BCUT2D eigenvalue weighted by Gasteiger charge is 2.30. The van der Waals surface area contributed by atoms with E-state index < -0.39 is 0 Å². The zero-order valence-corrected chi connectivity index (χ0v) is 48.6. The third-order valence-corrected chi connectivity index (χ3v) is 20.2. The van der Waals surface area contributed by atoms with Crippen molar-refractivity contribution in [2.45, 2.75) is 25.2 Å². The van der Waals surface area contributed by atoms with E-state index in [9.17, 15) is 0 Å². The van der Waals surface area contributed by atoms with Gasteiger partial charge in [0, 0.05) is 111 Å². The highest BCUT2D eigenvalue weighted by Crippen LogP contribution is 2.52. The standard InChI is InChI=1S/C82H50N8/c1-2-18-49-43-50(37-36-47(49)17-1)53-25-15-31-65(85-66-30-8-3-20-54(53)66)48-38-40-52(41-39-48)87-68-33-10-5-22-59(68)73-71(87)45-64-58-28-13-26-56(77(58)89-70-35-12-7-24-61(70)75(73)80(64)89)57-27-14-29-62-74-72(90(78(57)62)82-84-46-51-19-16-42-83-81(51)86-82)44-63-55-21-4-9-32-67(55)88-69-34-11-6-23-60(69)76(74)79(63)88/h1-14,16-24,26-30,32-46,53H,15,25,31H2. The van der Waals surface area contributed by atoms with Crippen LogP contribution in [0.5, 0.6) is 0 Å². The van der Waals surface area contributed by atoms with E-state index in [1.807, 2.05) is 24.5 Å². The number of benzene rings is 12. The first kappa shape index (κ1) is 48.4. The van der Waals surface area contributed by atoms with Crippen molar-refractivity contribution in [1.29, 1.82) is 0 Å². The van der Waals surface area contributed by atoms with Crippen LogP contribution in [-0.2, 0) is 0 Å². The molecule has 1 aliphatic rings. The highest BCUT2D eigenvalue weighted by molar-refractivity contribution is 6.39. The Morgan fingerprint density at radius 2 is 0.978 bits per heavy atom. The van der Waals surface area contributed by atoms with Crippen molar-refractivity contribution in [2.75, 3.05) is 0 Å². The average Bonchev–Trinajstić information content (AvgIpc) is 1.52. The lowest BCUT2D eigenvalue weighted by Gasteiger charge is -2.23. The molecule has 8 nitrogen and oxygen atoms in total. The zero-order valence-electron chi connectivity index (χ0n) is 48.6. The molecule has 0 saturated heterocycles. The van der Waals surface area contributed by atoms with Crippen molar-refractivity contribution in [2.24, 2.45) is 4.99 Å². The Kier molecular flexibility index (Phi) is 9.64. The molecule has 8 heteroatoms. The Balaban J connectivity index is 0.791. The van der Waals surface area contributed by atoms with Crippen molar-refractivity contribution in [3.63, 3.8) is 0 Å². The highest BCUT2D eigenvalue weighted by atomic mass is 15.2. The van der Waals surface area contributed by atoms with Crippen molar-refractivity contribution in [1.82, 2.24) is 32.9 Å². The van der Waals surface area contributed by atoms with Gasteiger partial charge in [-0.25, -0.2) is 9.97 Å². The molecule has 1 atom stereocenters. The van der Waals surface area contributed by atoms with Gasteiger partial charge in [-0.2, -0.15) is 4.98 Å². The Hall–Kier alpha value is -11.7. The number of hydrogen-bond acceptors (Lipinski definition) is 4.